The largest absolute Gasteiger partial charge is 0.496 e. The summed E-state index contributed by atoms with van der Waals surface area (Å²) in [5.74, 6) is 1.54. The van der Waals surface area contributed by atoms with Crippen LogP contribution in [0.4, 0.5) is 11.4 Å². The minimum atomic E-state index is 0.679. The number of benzene rings is 2. The highest BCUT2D eigenvalue weighted by Gasteiger charge is 2.18. The monoisotopic (exact) mass is 374 g/mol. The molecule has 0 saturated carbocycles. The molecule has 3 rings (SSSR count). The first-order valence-electron chi connectivity index (χ1n) is 9.26. The van der Waals surface area contributed by atoms with E-state index in [0.717, 1.165) is 46.1 Å². The third kappa shape index (κ3) is 4.09. The van der Waals surface area contributed by atoms with Crippen molar-refractivity contribution in [1.29, 1.82) is 0 Å². The van der Waals surface area contributed by atoms with Gasteiger partial charge in [0.25, 0.3) is 0 Å². The fourth-order valence-electron chi connectivity index (χ4n) is 2.98. The second-order valence-corrected chi connectivity index (χ2v) is 6.44. The summed E-state index contributed by atoms with van der Waals surface area (Å²) in [6.07, 6.45) is 6.79. The van der Waals surface area contributed by atoms with E-state index >= 15 is 0 Å². The molecule has 0 unspecified atom stereocenters. The zero-order valence-corrected chi connectivity index (χ0v) is 16.6. The molecule has 0 amide bonds. The number of nitrogens with two attached hydrogens (primary N) is 1. The van der Waals surface area contributed by atoms with Gasteiger partial charge in [0, 0.05) is 35.4 Å². The number of aliphatic imine (C=N–C) groups is 1. The van der Waals surface area contributed by atoms with Crippen molar-refractivity contribution in [2.45, 2.75) is 20.3 Å². The van der Waals surface area contributed by atoms with Crippen LogP contribution in [0.3, 0.4) is 0 Å². The SMILES string of the molecule is C=C1C(Nc2ccc(CC)c(OC)c2)=NC(c2ccc(N)cc2)=CN1/C=C\C. The number of rotatable bonds is 5. The minimum absolute atomic E-state index is 0.679. The fourth-order valence-corrected chi connectivity index (χ4v) is 2.98. The lowest BCUT2D eigenvalue weighted by atomic mass is 10.1. The first-order chi connectivity index (χ1) is 13.5. The summed E-state index contributed by atoms with van der Waals surface area (Å²) in [7, 11) is 1.69. The molecule has 0 radical (unpaired) electrons. The molecular weight excluding hydrogens is 348 g/mol. The van der Waals surface area contributed by atoms with Gasteiger partial charge in [-0.05, 0) is 37.1 Å². The summed E-state index contributed by atoms with van der Waals surface area (Å²) in [5.41, 5.74) is 11.2. The van der Waals surface area contributed by atoms with Crippen LogP contribution in [0.15, 0.2) is 78.2 Å². The van der Waals surface area contributed by atoms with Crippen LogP contribution in [0.1, 0.15) is 25.0 Å². The van der Waals surface area contributed by atoms with Crippen LogP contribution >= 0.6 is 0 Å². The van der Waals surface area contributed by atoms with Crippen LogP contribution < -0.4 is 15.8 Å². The number of anilines is 2. The van der Waals surface area contributed by atoms with E-state index in [1.807, 2.05) is 66.7 Å². The third-order valence-electron chi connectivity index (χ3n) is 4.53. The smallest absolute Gasteiger partial charge is 0.154 e. The highest BCUT2D eigenvalue weighted by atomic mass is 16.5. The number of nitrogen functional groups attached to an aromatic ring is 1. The zero-order valence-electron chi connectivity index (χ0n) is 16.6. The summed E-state index contributed by atoms with van der Waals surface area (Å²) >= 11 is 0. The average Bonchev–Trinajstić information content (AvgIpc) is 2.71. The van der Waals surface area contributed by atoms with Gasteiger partial charge in [0.05, 0.1) is 18.5 Å². The van der Waals surface area contributed by atoms with E-state index in [1.54, 1.807) is 7.11 Å². The van der Waals surface area contributed by atoms with E-state index < -0.39 is 0 Å². The van der Waals surface area contributed by atoms with E-state index in [2.05, 4.69) is 24.9 Å². The number of nitrogens with zero attached hydrogens (tertiary/aromatic N) is 2. The van der Waals surface area contributed by atoms with Crippen LogP contribution in [0.25, 0.3) is 5.70 Å². The molecular formula is C23H26N4O. The summed E-state index contributed by atoms with van der Waals surface area (Å²) < 4.78 is 5.51. The van der Waals surface area contributed by atoms with Gasteiger partial charge in [0.1, 0.15) is 5.75 Å². The number of amidine groups is 1. The Hall–Kier alpha value is -3.47. The third-order valence-corrected chi connectivity index (χ3v) is 4.53. The topological polar surface area (TPSA) is 62.9 Å². The molecule has 2 aromatic rings. The van der Waals surface area contributed by atoms with Crippen LogP contribution in [-0.4, -0.2) is 17.8 Å². The molecule has 1 aliphatic heterocycles. The van der Waals surface area contributed by atoms with E-state index in [0.29, 0.717) is 5.84 Å². The molecule has 2 aromatic carbocycles. The second-order valence-electron chi connectivity index (χ2n) is 6.44. The number of ether oxygens (including phenoxy) is 1. The van der Waals surface area contributed by atoms with E-state index in [1.165, 1.54) is 0 Å². The Bertz CT molecular complexity index is 955. The molecule has 28 heavy (non-hydrogen) atoms. The number of methoxy groups -OCH3 is 1. The number of hydrogen-bond donors (Lipinski definition) is 2. The van der Waals surface area contributed by atoms with Crippen LogP contribution in [0, 0.1) is 0 Å². The molecule has 1 heterocycles. The van der Waals surface area contributed by atoms with Crippen molar-refractivity contribution in [3.05, 3.63) is 84.3 Å². The lowest BCUT2D eigenvalue weighted by Crippen LogP contribution is -2.26. The Balaban J connectivity index is 1.97. The maximum Gasteiger partial charge on any atom is 0.154 e. The van der Waals surface area contributed by atoms with Gasteiger partial charge < -0.3 is 20.7 Å². The summed E-state index contributed by atoms with van der Waals surface area (Å²) in [6, 6.07) is 13.7. The number of nitrogens with one attached hydrogen (secondary N) is 1. The van der Waals surface area contributed by atoms with Crippen molar-refractivity contribution in [3.63, 3.8) is 0 Å². The number of allylic oxidation sites excluding steroid dienone is 1. The Kier molecular flexibility index (Phi) is 5.84. The molecule has 1 aliphatic rings. The predicted molar refractivity (Wildman–Crippen MR) is 118 cm³/mol. The Morgan fingerprint density at radius 2 is 1.96 bits per heavy atom. The van der Waals surface area contributed by atoms with Crippen molar-refractivity contribution in [2.75, 3.05) is 18.2 Å². The maximum absolute atomic E-state index is 5.82. The normalized spacial score (nSPS) is 14.1. The molecule has 0 spiro atoms. The predicted octanol–water partition coefficient (Wildman–Crippen LogP) is 5.01. The van der Waals surface area contributed by atoms with E-state index in [4.69, 9.17) is 15.5 Å². The minimum Gasteiger partial charge on any atom is -0.496 e. The van der Waals surface area contributed by atoms with Crippen LogP contribution in [0.2, 0.25) is 0 Å². The Morgan fingerprint density at radius 3 is 2.61 bits per heavy atom. The zero-order chi connectivity index (χ0) is 20.1. The van der Waals surface area contributed by atoms with Gasteiger partial charge in [0.2, 0.25) is 0 Å². The van der Waals surface area contributed by atoms with Gasteiger partial charge >= 0.3 is 0 Å². The fraction of sp³-hybridized carbons (Fsp3) is 0.174. The van der Waals surface area contributed by atoms with Crippen molar-refractivity contribution < 1.29 is 4.74 Å². The molecule has 3 N–H and O–H groups in total. The van der Waals surface area contributed by atoms with Gasteiger partial charge in [-0.2, -0.15) is 0 Å². The highest BCUT2D eigenvalue weighted by Crippen LogP contribution is 2.28. The van der Waals surface area contributed by atoms with Crippen LogP contribution in [-0.2, 0) is 6.42 Å². The lowest BCUT2D eigenvalue weighted by molar-refractivity contribution is 0.410. The van der Waals surface area contributed by atoms with Crippen molar-refractivity contribution in [2.24, 2.45) is 4.99 Å². The van der Waals surface area contributed by atoms with Gasteiger partial charge in [-0.25, -0.2) is 4.99 Å². The molecule has 5 nitrogen and oxygen atoms in total. The average molecular weight is 374 g/mol. The second kappa shape index (κ2) is 8.48. The maximum atomic E-state index is 5.82. The Labute approximate surface area is 166 Å². The molecule has 0 saturated heterocycles. The number of aryl methyl sites for hydroxylation is 1. The summed E-state index contributed by atoms with van der Waals surface area (Å²) in [4.78, 5) is 6.76. The first-order valence-corrected chi connectivity index (χ1v) is 9.26. The number of hydrogen-bond acceptors (Lipinski definition) is 5. The summed E-state index contributed by atoms with van der Waals surface area (Å²) in [6.45, 7) is 8.27. The molecule has 0 fully saturated rings. The lowest BCUT2D eigenvalue weighted by Gasteiger charge is -2.26. The summed E-state index contributed by atoms with van der Waals surface area (Å²) in [5, 5.41) is 3.39. The van der Waals surface area contributed by atoms with Gasteiger partial charge in [0.15, 0.2) is 5.84 Å². The molecule has 0 aromatic heterocycles. The van der Waals surface area contributed by atoms with E-state index in [9.17, 15) is 0 Å². The molecule has 5 heteroatoms. The molecule has 144 valence electrons. The van der Waals surface area contributed by atoms with Crippen molar-refractivity contribution >= 4 is 22.9 Å². The Morgan fingerprint density at radius 1 is 1.21 bits per heavy atom. The molecule has 0 bridgehead atoms. The molecule has 0 aliphatic carbocycles. The highest BCUT2D eigenvalue weighted by molar-refractivity contribution is 6.10. The van der Waals surface area contributed by atoms with Gasteiger partial charge in [-0.1, -0.05) is 37.8 Å². The van der Waals surface area contributed by atoms with Crippen molar-refractivity contribution in [1.82, 2.24) is 4.90 Å². The van der Waals surface area contributed by atoms with Gasteiger partial charge in [-0.15, -0.1) is 0 Å². The standard InChI is InChI=1S/C23H26N4O/c1-5-13-27-15-21(18-7-10-19(24)11-8-18)26-23(16(27)3)25-20-12-9-17(6-2)22(14-20)28-4/h5,7-15H,3,6,24H2,1-2,4H3,(H,25,26)/b13-5-. The van der Waals surface area contributed by atoms with Crippen LogP contribution in [0.5, 0.6) is 5.75 Å². The quantitative estimate of drug-likeness (QED) is 0.722. The first kappa shape index (κ1) is 19.3. The molecule has 0 atom stereocenters. The van der Waals surface area contributed by atoms with E-state index in [-0.39, 0.29) is 0 Å². The van der Waals surface area contributed by atoms with Crippen molar-refractivity contribution in [3.8, 4) is 5.75 Å². The van der Waals surface area contributed by atoms with Gasteiger partial charge in [-0.3, -0.25) is 0 Å².